The molecule has 3 aromatic rings. The topological polar surface area (TPSA) is 79.4 Å². The van der Waals surface area contributed by atoms with E-state index in [2.05, 4.69) is 4.98 Å². The van der Waals surface area contributed by atoms with Gasteiger partial charge in [-0.15, -0.1) is 10.1 Å². The van der Waals surface area contributed by atoms with Crippen molar-refractivity contribution in [3.05, 3.63) is 104 Å². The fraction of sp³-hybridized carbons (Fsp3) is 0.111. The van der Waals surface area contributed by atoms with Crippen LogP contribution in [0.2, 0.25) is 15.1 Å². The molecule has 0 amide bonds. The van der Waals surface area contributed by atoms with Crippen molar-refractivity contribution < 1.29 is 14.7 Å². The van der Waals surface area contributed by atoms with Crippen molar-refractivity contribution in [1.82, 2.24) is 9.55 Å². The average molecular weight is 442 g/mol. The lowest BCUT2D eigenvalue weighted by Crippen LogP contribution is -2.25. The number of imidazole rings is 1. The molecule has 0 N–H and O–H groups in total. The van der Waals surface area contributed by atoms with Gasteiger partial charge in [-0.25, -0.2) is 4.98 Å². The Bertz CT molecular complexity index is 936. The van der Waals surface area contributed by atoms with Crippen molar-refractivity contribution in [2.24, 2.45) is 0 Å². The molecule has 10 heteroatoms. The minimum atomic E-state index is -1.23. The second kappa shape index (κ2) is 9.25. The first kappa shape index (κ1) is 20.4. The Hall–Kier alpha value is -2.32. The van der Waals surface area contributed by atoms with E-state index in [0.717, 1.165) is 5.56 Å². The molecule has 0 bridgehead atoms. The highest BCUT2D eigenvalue weighted by molar-refractivity contribution is 6.35. The van der Waals surface area contributed by atoms with Crippen LogP contribution < -0.4 is 0 Å². The molecule has 1 radical (unpaired) electrons. The molecule has 0 fully saturated rings. The summed E-state index contributed by atoms with van der Waals surface area (Å²) in [5.41, 5.74) is 1.21. The summed E-state index contributed by atoms with van der Waals surface area (Å²) < 4.78 is 7.32. The van der Waals surface area contributed by atoms with Gasteiger partial charge in [-0.05, 0) is 29.8 Å². The highest BCUT2D eigenvalue weighted by Gasteiger charge is 2.32. The molecular weight excluding hydrogens is 429 g/mol. The second-order valence-electron chi connectivity index (χ2n) is 5.59. The van der Waals surface area contributed by atoms with E-state index in [1.54, 1.807) is 36.4 Å². The van der Waals surface area contributed by atoms with Crippen molar-refractivity contribution in [2.45, 2.75) is 12.8 Å². The zero-order valence-electron chi connectivity index (χ0n) is 14.2. The molecule has 0 spiro atoms. The van der Waals surface area contributed by atoms with E-state index in [9.17, 15) is 10.1 Å². The number of aromatic nitrogens is 2. The SMILES string of the molecule is O=[N+]([O-])OC([C](OCc1ccc(Cl)cc1)c1ccc(Cl)cc1Cl)n1ccnc1. The molecule has 1 heterocycles. The monoisotopic (exact) mass is 440 g/mol. The fourth-order valence-electron chi connectivity index (χ4n) is 2.44. The van der Waals surface area contributed by atoms with Gasteiger partial charge in [-0.1, -0.05) is 53.0 Å². The van der Waals surface area contributed by atoms with Crippen LogP contribution in [0.5, 0.6) is 0 Å². The first-order chi connectivity index (χ1) is 13.4. The van der Waals surface area contributed by atoms with Crippen LogP contribution in [0.25, 0.3) is 0 Å². The lowest BCUT2D eigenvalue weighted by atomic mass is 10.1. The lowest BCUT2D eigenvalue weighted by Gasteiger charge is -2.26. The molecule has 1 atom stereocenters. The number of benzene rings is 2. The quantitative estimate of drug-likeness (QED) is 0.348. The smallest absolute Gasteiger partial charge is 0.296 e. The molecule has 28 heavy (non-hydrogen) atoms. The number of nitrogens with zero attached hydrogens (tertiary/aromatic N) is 3. The summed E-state index contributed by atoms with van der Waals surface area (Å²) in [4.78, 5) is 19.9. The average Bonchev–Trinajstić information content (AvgIpc) is 3.18. The zero-order chi connectivity index (χ0) is 20.1. The van der Waals surface area contributed by atoms with Crippen LogP contribution in [-0.4, -0.2) is 14.6 Å². The molecule has 2 aromatic carbocycles. The van der Waals surface area contributed by atoms with Crippen LogP contribution in [0.3, 0.4) is 0 Å². The Balaban J connectivity index is 1.96. The van der Waals surface area contributed by atoms with E-state index in [4.69, 9.17) is 44.4 Å². The third kappa shape index (κ3) is 5.14. The first-order valence-electron chi connectivity index (χ1n) is 7.92. The maximum atomic E-state index is 11.1. The van der Waals surface area contributed by atoms with Gasteiger partial charge in [0.15, 0.2) is 6.10 Å². The Kier molecular flexibility index (Phi) is 6.74. The lowest BCUT2D eigenvalue weighted by molar-refractivity contribution is -0.775. The van der Waals surface area contributed by atoms with Gasteiger partial charge in [0.25, 0.3) is 5.09 Å². The van der Waals surface area contributed by atoms with E-state index in [-0.39, 0.29) is 17.7 Å². The molecule has 0 aliphatic carbocycles. The summed E-state index contributed by atoms with van der Waals surface area (Å²) in [6.07, 6.45) is 3.26. The maximum absolute atomic E-state index is 11.1. The molecule has 1 unspecified atom stereocenters. The van der Waals surface area contributed by atoms with E-state index in [1.807, 2.05) is 0 Å². The van der Waals surface area contributed by atoms with Crippen LogP contribution in [0.4, 0.5) is 0 Å². The van der Waals surface area contributed by atoms with Gasteiger partial charge in [-0.2, -0.15) is 0 Å². The molecule has 0 saturated carbocycles. The van der Waals surface area contributed by atoms with Gasteiger partial charge < -0.3 is 9.30 Å². The van der Waals surface area contributed by atoms with E-state index >= 15 is 0 Å². The Morgan fingerprint density at radius 1 is 1.14 bits per heavy atom. The summed E-state index contributed by atoms with van der Waals surface area (Å²) in [5, 5.41) is 11.5. The minimum Gasteiger partial charge on any atom is -0.358 e. The van der Waals surface area contributed by atoms with Crippen molar-refractivity contribution in [3.8, 4) is 0 Å². The molecule has 3 rings (SSSR count). The van der Waals surface area contributed by atoms with Crippen LogP contribution in [0.15, 0.2) is 61.2 Å². The summed E-state index contributed by atoms with van der Waals surface area (Å²) in [6, 6.07) is 11.7. The van der Waals surface area contributed by atoms with Gasteiger partial charge in [0.2, 0.25) is 6.23 Å². The van der Waals surface area contributed by atoms with Crippen molar-refractivity contribution in [2.75, 3.05) is 0 Å². The molecular formula is C18H13Cl3N3O4. The number of hydrogen-bond donors (Lipinski definition) is 0. The number of rotatable bonds is 8. The van der Waals surface area contributed by atoms with Gasteiger partial charge in [0.1, 0.15) is 0 Å². The van der Waals surface area contributed by atoms with E-state index in [1.165, 1.54) is 29.4 Å². The van der Waals surface area contributed by atoms with Gasteiger partial charge in [0.05, 0.1) is 12.9 Å². The summed E-state index contributed by atoms with van der Waals surface area (Å²) in [7, 11) is 0. The summed E-state index contributed by atoms with van der Waals surface area (Å²) in [5.74, 6) is 0. The van der Waals surface area contributed by atoms with Crippen molar-refractivity contribution >= 4 is 34.8 Å². The van der Waals surface area contributed by atoms with Crippen molar-refractivity contribution in [1.29, 1.82) is 0 Å². The predicted molar refractivity (Wildman–Crippen MR) is 104 cm³/mol. The highest BCUT2D eigenvalue weighted by Crippen LogP contribution is 2.36. The molecule has 1 aromatic heterocycles. The number of halogens is 3. The maximum Gasteiger partial charge on any atom is 0.296 e. The largest absolute Gasteiger partial charge is 0.358 e. The third-order valence-corrected chi connectivity index (χ3v) is 4.51. The Morgan fingerprint density at radius 3 is 2.46 bits per heavy atom. The fourth-order valence-corrected chi connectivity index (χ4v) is 3.07. The standard InChI is InChI=1S/C18H13Cl3N3O4/c19-13-3-1-12(2-4-13)10-27-17(15-6-5-14(20)9-16(15)21)18(28-24(25)26)23-8-7-22-11-23/h1-9,11,18H,10H2. The molecule has 0 aliphatic rings. The van der Waals surface area contributed by atoms with E-state index in [0.29, 0.717) is 15.6 Å². The van der Waals surface area contributed by atoms with Crippen LogP contribution in [0, 0.1) is 16.2 Å². The second-order valence-corrected chi connectivity index (χ2v) is 6.87. The van der Waals surface area contributed by atoms with Gasteiger partial charge in [-0.3, -0.25) is 4.84 Å². The zero-order valence-corrected chi connectivity index (χ0v) is 16.4. The van der Waals surface area contributed by atoms with Crippen molar-refractivity contribution in [3.63, 3.8) is 0 Å². The summed E-state index contributed by atoms with van der Waals surface area (Å²) in [6.45, 7) is 0.109. The molecule has 0 saturated heterocycles. The van der Waals surface area contributed by atoms with Gasteiger partial charge in [0, 0.05) is 33.0 Å². The summed E-state index contributed by atoms with van der Waals surface area (Å²) >= 11 is 18.2. The number of hydrogen-bond acceptors (Lipinski definition) is 5. The number of ether oxygens (including phenoxy) is 1. The Labute approximate surface area is 175 Å². The van der Waals surface area contributed by atoms with Crippen LogP contribution in [-0.2, 0) is 16.2 Å². The first-order valence-corrected chi connectivity index (χ1v) is 9.05. The van der Waals surface area contributed by atoms with Crippen LogP contribution in [0.1, 0.15) is 17.4 Å². The molecule has 0 aliphatic heterocycles. The highest BCUT2D eigenvalue weighted by atomic mass is 35.5. The molecule has 7 nitrogen and oxygen atoms in total. The molecule has 145 valence electrons. The van der Waals surface area contributed by atoms with Crippen LogP contribution >= 0.6 is 34.8 Å². The predicted octanol–water partition coefficient (Wildman–Crippen LogP) is 5.35. The third-order valence-electron chi connectivity index (χ3n) is 3.71. The Morgan fingerprint density at radius 2 is 1.86 bits per heavy atom. The van der Waals surface area contributed by atoms with Gasteiger partial charge >= 0.3 is 0 Å². The normalized spacial score (nSPS) is 12.1. The minimum absolute atomic E-state index is 0.109. The van der Waals surface area contributed by atoms with E-state index < -0.39 is 11.3 Å².